The maximum Gasteiger partial charge on any atom is 0.416 e. The Labute approximate surface area is 241 Å². The standard InChI is InChI=1S/C31H32F3NO7/c1-39-24-5-2-20(3-6-24)18-40-25-7-8-26(29(37)38)28(15-25)41-19-23(36)17-35-12-10-30(11-13-35)16-21-14-22(31(32,33)34)4-9-27(21)42-30/h2-9,14-15,23,36H,10-13,16-19H2,1H3,(H,37,38)/t23-/m0/s1. The molecule has 1 saturated heterocycles. The first kappa shape index (κ1) is 29.5. The number of nitrogens with zero attached hydrogens (tertiary/aromatic N) is 1. The van der Waals surface area contributed by atoms with Gasteiger partial charge >= 0.3 is 12.1 Å². The van der Waals surface area contributed by atoms with E-state index in [1.807, 2.05) is 29.2 Å². The van der Waals surface area contributed by atoms with E-state index in [-0.39, 0.29) is 31.1 Å². The van der Waals surface area contributed by atoms with Gasteiger partial charge in [-0.05, 0) is 53.6 Å². The quantitative estimate of drug-likeness (QED) is 0.334. The molecule has 0 radical (unpaired) electrons. The summed E-state index contributed by atoms with van der Waals surface area (Å²) in [7, 11) is 1.58. The number of rotatable bonds is 10. The van der Waals surface area contributed by atoms with Crippen LogP contribution in [0.15, 0.2) is 60.7 Å². The molecule has 0 aliphatic carbocycles. The Morgan fingerprint density at radius 1 is 1.02 bits per heavy atom. The second-order valence-electron chi connectivity index (χ2n) is 10.6. The average Bonchev–Trinajstić information content (AvgIpc) is 3.33. The number of fused-ring (bicyclic) bond motifs is 1. The van der Waals surface area contributed by atoms with Gasteiger partial charge in [0.25, 0.3) is 0 Å². The number of β-amino-alcohol motifs (C(OH)–C–C–N with tert-alkyl or cyclic N) is 1. The van der Waals surface area contributed by atoms with Crippen molar-refractivity contribution in [1.29, 1.82) is 0 Å². The zero-order valence-electron chi connectivity index (χ0n) is 23.0. The third kappa shape index (κ3) is 6.91. The number of hydrogen-bond donors (Lipinski definition) is 2. The van der Waals surface area contributed by atoms with Gasteiger partial charge in [-0.15, -0.1) is 0 Å². The van der Waals surface area contributed by atoms with Crippen molar-refractivity contribution in [2.75, 3.05) is 33.4 Å². The third-order valence-electron chi connectivity index (χ3n) is 7.64. The number of hydrogen-bond acceptors (Lipinski definition) is 7. The van der Waals surface area contributed by atoms with Crippen molar-refractivity contribution >= 4 is 5.97 Å². The second-order valence-corrected chi connectivity index (χ2v) is 10.6. The van der Waals surface area contributed by atoms with Gasteiger partial charge in [-0.25, -0.2) is 4.79 Å². The number of carboxylic acids is 1. The first-order valence-corrected chi connectivity index (χ1v) is 13.6. The van der Waals surface area contributed by atoms with Crippen molar-refractivity contribution in [3.05, 3.63) is 82.9 Å². The zero-order chi connectivity index (χ0) is 29.9. The Bertz CT molecular complexity index is 1400. The van der Waals surface area contributed by atoms with Gasteiger partial charge in [0.15, 0.2) is 0 Å². The number of piperidine rings is 1. The van der Waals surface area contributed by atoms with E-state index >= 15 is 0 Å². The summed E-state index contributed by atoms with van der Waals surface area (Å²) in [6.45, 7) is 1.59. The number of ether oxygens (including phenoxy) is 4. The normalized spacial score (nSPS) is 16.9. The lowest BCUT2D eigenvalue weighted by Crippen LogP contribution is -2.49. The molecule has 0 unspecified atom stereocenters. The molecule has 2 aliphatic heterocycles. The number of aliphatic hydroxyl groups excluding tert-OH is 1. The molecule has 3 aromatic carbocycles. The topological polar surface area (TPSA) is 97.7 Å². The molecular weight excluding hydrogens is 555 g/mol. The minimum Gasteiger partial charge on any atom is -0.497 e. The first-order chi connectivity index (χ1) is 20.0. The molecule has 1 fully saturated rings. The molecule has 42 heavy (non-hydrogen) atoms. The van der Waals surface area contributed by atoms with Gasteiger partial charge in [0, 0.05) is 45.0 Å². The molecule has 1 spiro atoms. The molecule has 2 N–H and O–H groups in total. The number of halogens is 3. The van der Waals surface area contributed by atoms with Crippen LogP contribution in [0.3, 0.4) is 0 Å². The highest BCUT2D eigenvalue weighted by molar-refractivity contribution is 5.91. The van der Waals surface area contributed by atoms with Crippen molar-refractivity contribution in [2.24, 2.45) is 0 Å². The molecule has 224 valence electrons. The van der Waals surface area contributed by atoms with Crippen molar-refractivity contribution in [3.8, 4) is 23.0 Å². The fourth-order valence-corrected chi connectivity index (χ4v) is 5.35. The summed E-state index contributed by atoms with van der Waals surface area (Å²) in [5.41, 5.74) is 0.189. The lowest BCUT2D eigenvalue weighted by atomic mass is 9.86. The highest BCUT2D eigenvalue weighted by Crippen LogP contribution is 2.43. The predicted octanol–water partition coefficient (Wildman–Crippen LogP) is 5.20. The molecule has 0 aromatic heterocycles. The Morgan fingerprint density at radius 2 is 1.74 bits per heavy atom. The average molecular weight is 588 g/mol. The molecule has 0 amide bonds. The third-order valence-corrected chi connectivity index (χ3v) is 7.64. The zero-order valence-corrected chi connectivity index (χ0v) is 23.0. The summed E-state index contributed by atoms with van der Waals surface area (Å²) in [6, 6.07) is 15.4. The van der Waals surface area contributed by atoms with Crippen LogP contribution in [0.2, 0.25) is 0 Å². The minimum atomic E-state index is -4.40. The molecule has 0 saturated carbocycles. The fraction of sp³-hybridized carbons (Fsp3) is 0.387. The van der Waals surface area contributed by atoms with E-state index in [4.69, 9.17) is 18.9 Å². The summed E-state index contributed by atoms with van der Waals surface area (Å²) in [6.07, 6.45) is -3.68. The van der Waals surface area contributed by atoms with Gasteiger partial charge in [-0.3, -0.25) is 0 Å². The fourth-order valence-electron chi connectivity index (χ4n) is 5.35. The number of methoxy groups -OCH3 is 1. The lowest BCUT2D eigenvalue weighted by Gasteiger charge is -2.39. The summed E-state index contributed by atoms with van der Waals surface area (Å²) in [4.78, 5) is 13.8. The second kappa shape index (κ2) is 12.1. The van der Waals surface area contributed by atoms with Gasteiger partial charge in [0.05, 0.1) is 12.7 Å². The molecular formula is C31H32F3NO7. The predicted molar refractivity (Wildman–Crippen MR) is 146 cm³/mol. The monoisotopic (exact) mass is 587 g/mol. The number of alkyl halides is 3. The van der Waals surface area contributed by atoms with E-state index in [1.54, 1.807) is 13.2 Å². The highest BCUT2D eigenvalue weighted by Gasteiger charge is 2.43. The summed E-state index contributed by atoms with van der Waals surface area (Å²) < 4.78 is 62.1. The van der Waals surface area contributed by atoms with Crippen LogP contribution >= 0.6 is 0 Å². The molecule has 2 aliphatic rings. The van der Waals surface area contributed by atoms with Gasteiger partial charge in [0.1, 0.15) is 53.5 Å². The van der Waals surface area contributed by atoms with E-state index in [2.05, 4.69) is 0 Å². The van der Waals surface area contributed by atoms with Crippen LogP contribution in [-0.2, 0) is 19.2 Å². The molecule has 8 nitrogen and oxygen atoms in total. The van der Waals surface area contributed by atoms with E-state index in [1.165, 1.54) is 24.3 Å². The number of aromatic carboxylic acids is 1. The summed E-state index contributed by atoms with van der Waals surface area (Å²) in [5, 5.41) is 20.3. The van der Waals surface area contributed by atoms with E-state index < -0.39 is 29.4 Å². The Morgan fingerprint density at radius 3 is 2.40 bits per heavy atom. The van der Waals surface area contributed by atoms with Crippen molar-refractivity contribution in [3.63, 3.8) is 0 Å². The minimum absolute atomic E-state index is 0.0504. The Hall–Kier alpha value is -3.96. The lowest BCUT2D eigenvalue weighted by molar-refractivity contribution is -0.137. The highest BCUT2D eigenvalue weighted by atomic mass is 19.4. The molecule has 5 rings (SSSR count). The summed E-state index contributed by atoms with van der Waals surface area (Å²) in [5.74, 6) is 0.559. The van der Waals surface area contributed by atoms with E-state index in [0.29, 0.717) is 49.4 Å². The van der Waals surface area contributed by atoms with Gasteiger partial charge in [0.2, 0.25) is 0 Å². The van der Waals surface area contributed by atoms with Crippen LogP contribution in [0.25, 0.3) is 0 Å². The molecule has 11 heteroatoms. The maximum absolute atomic E-state index is 13.1. The summed E-state index contributed by atoms with van der Waals surface area (Å²) >= 11 is 0. The van der Waals surface area contributed by atoms with Crippen LogP contribution in [0.5, 0.6) is 23.0 Å². The van der Waals surface area contributed by atoms with Crippen LogP contribution in [0, 0.1) is 0 Å². The van der Waals surface area contributed by atoms with E-state index in [0.717, 1.165) is 17.4 Å². The van der Waals surface area contributed by atoms with Crippen LogP contribution in [-0.4, -0.2) is 66.1 Å². The van der Waals surface area contributed by atoms with Gasteiger partial charge in [-0.2, -0.15) is 13.2 Å². The smallest absolute Gasteiger partial charge is 0.416 e. The maximum atomic E-state index is 13.1. The van der Waals surface area contributed by atoms with Crippen molar-refractivity contribution in [2.45, 2.75) is 43.8 Å². The number of aliphatic hydroxyl groups is 1. The molecule has 3 aromatic rings. The largest absolute Gasteiger partial charge is 0.497 e. The Balaban J connectivity index is 1.12. The van der Waals surface area contributed by atoms with Crippen LogP contribution in [0.1, 0.15) is 39.9 Å². The number of carboxylic acid groups (broad SMARTS) is 1. The Kier molecular flexibility index (Phi) is 8.51. The van der Waals surface area contributed by atoms with Crippen LogP contribution < -0.4 is 18.9 Å². The van der Waals surface area contributed by atoms with Gasteiger partial charge < -0.3 is 34.1 Å². The molecule has 1 atom stereocenters. The van der Waals surface area contributed by atoms with Crippen molar-refractivity contribution < 1.29 is 47.1 Å². The van der Waals surface area contributed by atoms with E-state index in [9.17, 15) is 28.2 Å². The number of likely N-dealkylation sites (tertiary alicyclic amines) is 1. The SMILES string of the molecule is COc1ccc(COc2ccc(C(=O)O)c(OC[C@@H](O)CN3CCC4(CC3)Cc3cc(C(F)(F)F)ccc3O4)c2)cc1. The first-order valence-electron chi connectivity index (χ1n) is 13.6. The van der Waals surface area contributed by atoms with Crippen molar-refractivity contribution in [1.82, 2.24) is 4.90 Å². The molecule has 0 bridgehead atoms. The number of carbonyl (C=O) groups is 1. The van der Waals surface area contributed by atoms with Gasteiger partial charge in [-0.1, -0.05) is 12.1 Å². The molecule has 2 heterocycles. The van der Waals surface area contributed by atoms with Crippen LogP contribution in [0.4, 0.5) is 13.2 Å². The number of benzene rings is 3.